The van der Waals surface area contributed by atoms with Gasteiger partial charge in [0.05, 0.1) is 4.91 Å². The van der Waals surface area contributed by atoms with Gasteiger partial charge in [-0.1, -0.05) is 72.0 Å². The topological polar surface area (TPSA) is 49.4 Å². The number of thioether (sulfide) groups is 1. The van der Waals surface area contributed by atoms with Crippen molar-refractivity contribution >= 4 is 63.5 Å². The second-order valence-electron chi connectivity index (χ2n) is 5.55. The third kappa shape index (κ3) is 4.72. The van der Waals surface area contributed by atoms with Gasteiger partial charge in [-0.2, -0.15) is 0 Å². The Kier molecular flexibility index (Phi) is 6.08. The molecule has 2 aromatic rings. The third-order valence-corrected chi connectivity index (χ3v) is 5.25. The van der Waals surface area contributed by atoms with Crippen LogP contribution in [0.15, 0.2) is 59.5 Å². The normalized spacial score (nSPS) is 15.6. The summed E-state index contributed by atoms with van der Waals surface area (Å²) in [4.78, 5) is 26.7. The zero-order chi connectivity index (χ0) is 18.5. The van der Waals surface area contributed by atoms with E-state index in [4.69, 9.17) is 23.8 Å². The maximum atomic E-state index is 12.5. The SMILES string of the molecule is O=C(CCN1C(=O)/C(=C/c2ccccc2)SC1=S)Nc1cccc(Cl)c1. The molecule has 2 aromatic carbocycles. The Bertz CT molecular complexity index is 884. The van der Waals surface area contributed by atoms with Crippen LogP contribution in [0.5, 0.6) is 0 Å². The van der Waals surface area contributed by atoms with Crippen molar-refractivity contribution in [3.05, 3.63) is 70.1 Å². The van der Waals surface area contributed by atoms with Gasteiger partial charge in [0.1, 0.15) is 4.32 Å². The van der Waals surface area contributed by atoms with Gasteiger partial charge >= 0.3 is 0 Å². The van der Waals surface area contributed by atoms with E-state index in [0.29, 0.717) is 19.9 Å². The molecule has 0 radical (unpaired) electrons. The number of benzene rings is 2. The van der Waals surface area contributed by atoms with Crippen molar-refractivity contribution < 1.29 is 9.59 Å². The molecule has 0 bridgehead atoms. The summed E-state index contributed by atoms with van der Waals surface area (Å²) in [6.07, 6.45) is 1.96. The molecule has 0 spiro atoms. The average Bonchev–Trinajstić information content (AvgIpc) is 2.87. The fourth-order valence-corrected chi connectivity index (χ4v) is 3.90. The highest BCUT2D eigenvalue weighted by Crippen LogP contribution is 2.32. The van der Waals surface area contributed by atoms with Crippen LogP contribution in [0.3, 0.4) is 0 Å². The number of carbonyl (C=O) groups excluding carboxylic acids is 2. The van der Waals surface area contributed by atoms with E-state index in [2.05, 4.69) is 5.32 Å². The van der Waals surface area contributed by atoms with Crippen LogP contribution in [-0.2, 0) is 9.59 Å². The molecule has 0 unspecified atom stereocenters. The average molecular weight is 403 g/mol. The number of halogens is 1. The molecule has 0 aromatic heterocycles. The van der Waals surface area contributed by atoms with Crippen LogP contribution in [0.25, 0.3) is 6.08 Å². The van der Waals surface area contributed by atoms with Crippen LogP contribution >= 0.6 is 35.6 Å². The Morgan fingerprint density at radius 1 is 1.19 bits per heavy atom. The van der Waals surface area contributed by atoms with E-state index in [1.54, 1.807) is 24.3 Å². The number of anilines is 1. The molecule has 1 saturated heterocycles. The minimum atomic E-state index is -0.201. The molecule has 1 N–H and O–H groups in total. The zero-order valence-electron chi connectivity index (χ0n) is 13.6. The number of rotatable bonds is 5. The highest BCUT2D eigenvalue weighted by Gasteiger charge is 2.32. The molecule has 3 rings (SSSR count). The summed E-state index contributed by atoms with van der Waals surface area (Å²) in [6, 6.07) is 16.5. The number of carbonyl (C=O) groups is 2. The van der Waals surface area contributed by atoms with Crippen molar-refractivity contribution in [1.29, 1.82) is 0 Å². The fraction of sp³-hybridized carbons (Fsp3) is 0.105. The Balaban J connectivity index is 1.59. The van der Waals surface area contributed by atoms with Crippen molar-refractivity contribution in [2.75, 3.05) is 11.9 Å². The lowest BCUT2D eigenvalue weighted by molar-refractivity contribution is -0.122. The number of nitrogens with zero attached hydrogens (tertiary/aromatic N) is 1. The molecule has 0 atom stereocenters. The lowest BCUT2D eigenvalue weighted by Crippen LogP contribution is -2.31. The lowest BCUT2D eigenvalue weighted by Gasteiger charge is -2.14. The first kappa shape index (κ1) is 18.6. The molecule has 0 saturated carbocycles. The van der Waals surface area contributed by atoms with Crippen molar-refractivity contribution in [2.45, 2.75) is 6.42 Å². The second-order valence-corrected chi connectivity index (χ2v) is 7.66. The number of nitrogens with one attached hydrogen (secondary N) is 1. The molecule has 1 aliphatic rings. The molecule has 0 aliphatic carbocycles. The summed E-state index contributed by atoms with van der Waals surface area (Å²) in [5, 5.41) is 3.31. The van der Waals surface area contributed by atoms with Gasteiger partial charge < -0.3 is 5.32 Å². The molecule has 2 amide bonds. The second kappa shape index (κ2) is 8.49. The van der Waals surface area contributed by atoms with E-state index in [1.165, 1.54) is 16.7 Å². The standard InChI is InChI=1S/C19H15ClN2O2S2/c20-14-7-4-8-15(12-14)21-17(23)9-10-22-18(24)16(26-19(22)25)11-13-5-2-1-3-6-13/h1-8,11-12H,9-10H2,(H,21,23)/b16-11-. The monoisotopic (exact) mass is 402 g/mol. The van der Waals surface area contributed by atoms with Gasteiger partial charge in [-0.15, -0.1) is 0 Å². The maximum absolute atomic E-state index is 12.5. The van der Waals surface area contributed by atoms with Gasteiger partial charge in [-0.05, 0) is 29.8 Å². The van der Waals surface area contributed by atoms with E-state index in [1.807, 2.05) is 36.4 Å². The highest BCUT2D eigenvalue weighted by atomic mass is 35.5. The molecule has 4 nitrogen and oxygen atoms in total. The Hall–Kier alpha value is -2.15. The molecule has 1 heterocycles. The molecular formula is C19H15ClN2O2S2. The lowest BCUT2D eigenvalue weighted by atomic mass is 10.2. The van der Waals surface area contributed by atoms with Crippen LogP contribution in [0.4, 0.5) is 5.69 Å². The molecule has 1 fully saturated rings. The van der Waals surface area contributed by atoms with Gasteiger partial charge in [0.2, 0.25) is 5.91 Å². The first-order valence-corrected chi connectivity index (χ1v) is 9.49. The summed E-state index contributed by atoms with van der Waals surface area (Å²) in [5.74, 6) is -0.368. The van der Waals surface area contributed by atoms with E-state index in [-0.39, 0.29) is 24.8 Å². The number of amides is 2. The van der Waals surface area contributed by atoms with Crippen LogP contribution in [0.1, 0.15) is 12.0 Å². The van der Waals surface area contributed by atoms with Crippen LogP contribution in [0, 0.1) is 0 Å². The van der Waals surface area contributed by atoms with E-state index >= 15 is 0 Å². The number of hydrogen-bond donors (Lipinski definition) is 1. The summed E-state index contributed by atoms with van der Waals surface area (Å²) in [6.45, 7) is 0.239. The van der Waals surface area contributed by atoms with Gasteiger partial charge in [-0.3, -0.25) is 14.5 Å². The van der Waals surface area contributed by atoms with Crippen molar-refractivity contribution in [1.82, 2.24) is 4.90 Å². The zero-order valence-corrected chi connectivity index (χ0v) is 16.0. The smallest absolute Gasteiger partial charge is 0.266 e. The minimum Gasteiger partial charge on any atom is -0.326 e. The predicted molar refractivity (Wildman–Crippen MR) is 111 cm³/mol. The molecule has 26 heavy (non-hydrogen) atoms. The van der Waals surface area contributed by atoms with Gasteiger partial charge in [0.25, 0.3) is 5.91 Å². The van der Waals surface area contributed by atoms with E-state index < -0.39 is 0 Å². The number of thiocarbonyl (C=S) groups is 1. The van der Waals surface area contributed by atoms with Gasteiger partial charge in [0, 0.05) is 23.7 Å². The van der Waals surface area contributed by atoms with Crippen molar-refractivity contribution in [2.24, 2.45) is 0 Å². The fourth-order valence-electron chi connectivity index (χ4n) is 2.40. The molecule has 132 valence electrons. The Morgan fingerprint density at radius 2 is 1.96 bits per heavy atom. The van der Waals surface area contributed by atoms with Gasteiger partial charge in [0.15, 0.2) is 0 Å². The largest absolute Gasteiger partial charge is 0.326 e. The van der Waals surface area contributed by atoms with Crippen molar-refractivity contribution in [3.63, 3.8) is 0 Å². The minimum absolute atomic E-state index is 0.150. The van der Waals surface area contributed by atoms with Crippen LogP contribution in [-0.4, -0.2) is 27.6 Å². The molecule has 7 heteroatoms. The summed E-state index contributed by atoms with van der Waals surface area (Å²) >= 11 is 12.4. The van der Waals surface area contributed by atoms with E-state index in [9.17, 15) is 9.59 Å². The maximum Gasteiger partial charge on any atom is 0.266 e. The molecular weight excluding hydrogens is 388 g/mol. The highest BCUT2D eigenvalue weighted by molar-refractivity contribution is 8.26. The van der Waals surface area contributed by atoms with E-state index in [0.717, 1.165) is 5.56 Å². The summed E-state index contributed by atoms with van der Waals surface area (Å²) in [7, 11) is 0. The Morgan fingerprint density at radius 3 is 2.69 bits per heavy atom. The van der Waals surface area contributed by atoms with Gasteiger partial charge in [-0.25, -0.2) is 0 Å². The first-order chi connectivity index (χ1) is 12.5. The summed E-state index contributed by atoms with van der Waals surface area (Å²) < 4.78 is 0.465. The van der Waals surface area contributed by atoms with Crippen LogP contribution in [0.2, 0.25) is 5.02 Å². The number of hydrogen-bond acceptors (Lipinski definition) is 4. The van der Waals surface area contributed by atoms with Crippen LogP contribution < -0.4 is 5.32 Å². The quantitative estimate of drug-likeness (QED) is 0.588. The predicted octanol–water partition coefficient (Wildman–Crippen LogP) is 4.57. The van der Waals surface area contributed by atoms with Crippen molar-refractivity contribution in [3.8, 4) is 0 Å². The Labute approximate surface area is 166 Å². The third-order valence-electron chi connectivity index (χ3n) is 3.64. The molecule has 1 aliphatic heterocycles. The first-order valence-electron chi connectivity index (χ1n) is 7.89. The summed E-state index contributed by atoms with van der Waals surface area (Å²) in [5.41, 5.74) is 1.56.